The largest absolute Gasteiger partial charge is 0.344 e. The van der Waals surface area contributed by atoms with Gasteiger partial charge in [-0.3, -0.25) is 0 Å². The van der Waals surface area contributed by atoms with E-state index in [4.69, 9.17) is 0 Å². The zero-order valence-electron chi connectivity index (χ0n) is 11.0. The average Bonchev–Trinajstić information content (AvgIpc) is 2.71. The minimum absolute atomic E-state index is 0.952. The van der Waals surface area contributed by atoms with E-state index < -0.39 is 0 Å². The van der Waals surface area contributed by atoms with E-state index >= 15 is 0 Å². The van der Waals surface area contributed by atoms with E-state index in [1.807, 2.05) is 13.8 Å². The molecule has 2 heteroatoms. The zero-order valence-corrected chi connectivity index (χ0v) is 12.6. The summed E-state index contributed by atoms with van der Waals surface area (Å²) in [5.74, 6) is 0. The topological polar surface area (TPSA) is 4.93 Å². The van der Waals surface area contributed by atoms with Gasteiger partial charge in [0.05, 0.1) is 0 Å². The Bertz CT molecular complexity index is 505. The van der Waals surface area contributed by atoms with Crippen LogP contribution in [-0.4, -0.2) is 4.57 Å². The third-order valence-corrected chi connectivity index (χ3v) is 2.92. The summed E-state index contributed by atoms with van der Waals surface area (Å²) in [6.07, 6.45) is 4.37. The number of fused-ring (bicyclic) bond motifs is 1. The average molecular weight is 294 g/mol. The zero-order chi connectivity index (χ0) is 12.8. The molecule has 1 aromatic carbocycles. The molecular formula is C15H20BrN. The van der Waals surface area contributed by atoms with Crippen LogP contribution in [0.3, 0.4) is 0 Å². The van der Waals surface area contributed by atoms with E-state index in [2.05, 4.69) is 70.9 Å². The van der Waals surface area contributed by atoms with Gasteiger partial charge in [0.15, 0.2) is 0 Å². The SMILES string of the molecule is CC.CC(C)=CCn1ccc2cc(Br)ccc21. The first kappa shape index (κ1) is 14.0. The quantitative estimate of drug-likeness (QED) is 0.654. The van der Waals surface area contributed by atoms with Gasteiger partial charge in [-0.1, -0.05) is 41.4 Å². The molecule has 1 aromatic heterocycles. The highest BCUT2D eigenvalue weighted by Crippen LogP contribution is 2.20. The molecule has 2 aromatic rings. The summed E-state index contributed by atoms with van der Waals surface area (Å²) >= 11 is 3.48. The number of halogens is 1. The summed E-state index contributed by atoms with van der Waals surface area (Å²) in [5.41, 5.74) is 2.64. The predicted molar refractivity (Wildman–Crippen MR) is 80.4 cm³/mol. The fraction of sp³-hybridized carbons (Fsp3) is 0.333. The first-order chi connectivity index (χ1) is 8.16. The van der Waals surface area contributed by atoms with Gasteiger partial charge >= 0.3 is 0 Å². The lowest BCUT2D eigenvalue weighted by molar-refractivity contribution is 0.856. The molecule has 0 aliphatic carbocycles. The molecule has 2 rings (SSSR count). The van der Waals surface area contributed by atoms with Crippen molar-refractivity contribution in [1.29, 1.82) is 0 Å². The molecule has 0 bridgehead atoms. The molecule has 0 fully saturated rings. The van der Waals surface area contributed by atoms with E-state index in [0.717, 1.165) is 11.0 Å². The van der Waals surface area contributed by atoms with E-state index in [0.29, 0.717) is 0 Å². The first-order valence-electron chi connectivity index (χ1n) is 6.04. The molecule has 1 heterocycles. The molecule has 0 saturated carbocycles. The van der Waals surface area contributed by atoms with Gasteiger partial charge in [-0.15, -0.1) is 0 Å². The summed E-state index contributed by atoms with van der Waals surface area (Å²) in [4.78, 5) is 0. The van der Waals surface area contributed by atoms with Crippen LogP contribution in [-0.2, 0) is 6.54 Å². The van der Waals surface area contributed by atoms with Crippen LogP contribution in [0.25, 0.3) is 10.9 Å². The predicted octanol–water partition coefficient (Wildman–Crippen LogP) is 5.40. The third kappa shape index (κ3) is 3.74. The summed E-state index contributed by atoms with van der Waals surface area (Å²) in [7, 11) is 0. The second-order valence-corrected chi connectivity index (χ2v) is 4.87. The molecule has 0 atom stereocenters. The molecule has 0 unspecified atom stereocenters. The van der Waals surface area contributed by atoms with Crippen molar-refractivity contribution >= 4 is 26.8 Å². The van der Waals surface area contributed by atoms with Gasteiger partial charge < -0.3 is 4.57 Å². The standard InChI is InChI=1S/C13H14BrN.C2H6/c1-10(2)5-7-15-8-6-11-9-12(14)3-4-13(11)15;1-2/h3-6,8-9H,7H2,1-2H3;1-2H3. The Morgan fingerprint density at radius 1 is 1.24 bits per heavy atom. The Balaban J connectivity index is 0.000000686. The Hall–Kier alpha value is -1.02. The van der Waals surface area contributed by atoms with Crippen LogP contribution < -0.4 is 0 Å². The van der Waals surface area contributed by atoms with E-state index in [1.165, 1.54) is 16.5 Å². The minimum Gasteiger partial charge on any atom is -0.344 e. The Morgan fingerprint density at radius 2 is 1.94 bits per heavy atom. The molecular weight excluding hydrogens is 274 g/mol. The lowest BCUT2D eigenvalue weighted by Gasteiger charge is -2.02. The number of aromatic nitrogens is 1. The van der Waals surface area contributed by atoms with E-state index in [9.17, 15) is 0 Å². The number of rotatable bonds is 2. The Kier molecular flexibility index (Phi) is 5.49. The van der Waals surface area contributed by atoms with Crippen molar-refractivity contribution in [3.63, 3.8) is 0 Å². The van der Waals surface area contributed by atoms with Crippen LogP contribution in [0.4, 0.5) is 0 Å². The van der Waals surface area contributed by atoms with Crippen LogP contribution >= 0.6 is 15.9 Å². The fourth-order valence-corrected chi connectivity index (χ4v) is 1.99. The van der Waals surface area contributed by atoms with Crippen molar-refractivity contribution in [3.05, 3.63) is 46.6 Å². The van der Waals surface area contributed by atoms with Gasteiger partial charge in [0.25, 0.3) is 0 Å². The summed E-state index contributed by atoms with van der Waals surface area (Å²) < 4.78 is 3.39. The first-order valence-corrected chi connectivity index (χ1v) is 6.84. The fourth-order valence-electron chi connectivity index (χ4n) is 1.61. The van der Waals surface area contributed by atoms with Crippen molar-refractivity contribution in [2.75, 3.05) is 0 Å². The van der Waals surface area contributed by atoms with Crippen molar-refractivity contribution in [2.45, 2.75) is 34.2 Å². The maximum absolute atomic E-state index is 3.48. The van der Waals surface area contributed by atoms with Gasteiger partial charge in [-0.05, 0) is 38.1 Å². The van der Waals surface area contributed by atoms with Crippen LogP contribution in [0.2, 0.25) is 0 Å². The van der Waals surface area contributed by atoms with Crippen LogP contribution in [0.1, 0.15) is 27.7 Å². The second-order valence-electron chi connectivity index (χ2n) is 3.95. The van der Waals surface area contributed by atoms with Gasteiger partial charge in [0, 0.05) is 28.1 Å². The lowest BCUT2D eigenvalue weighted by atomic mass is 10.2. The number of hydrogen-bond acceptors (Lipinski definition) is 0. The molecule has 0 aliphatic rings. The van der Waals surface area contributed by atoms with Crippen molar-refractivity contribution in [1.82, 2.24) is 4.57 Å². The number of nitrogens with zero attached hydrogens (tertiary/aromatic N) is 1. The smallest absolute Gasteiger partial charge is 0.0483 e. The molecule has 92 valence electrons. The molecule has 1 nitrogen and oxygen atoms in total. The molecule has 0 aliphatic heterocycles. The van der Waals surface area contributed by atoms with Crippen LogP contribution in [0.5, 0.6) is 0 Å². The summed E-state index contributed by atoms with van der Waals surface area (Å²) in [6.45, 7) is 9.21. The highest BCUT2D eigenvalue weighted by atomic mass is 79.9. The molecule has 0 radical (unpaired) electrons. The minimum atomic E-state index is 0.952. The van der Waals surface area contributed by atoms with Crippen molar-refractivity contribution < 1.29 is 0 Å². The highest BCUT2D eigenvalue weighted by molar-refractivity contribution is 9.10. The molecule has 0 amide bonds. The van der Waals surface area contributed by atoms with Gasteiger partial charge in [0.1, 0.15) is 0 Å². The maximum atomic E-state index is 3.48. The molecule has 0 spiro atoms. The Morgan fingerprint density at radius 3 is 2.59 bits per heavy atom. The highest BCUT2D eigenvalue weighted by Gasteiger charge is 1.99. The maximum Gasteiger partial charge on any atom is 0.0483 e. The van der Waals surface area contributed by atoms with Crippen molar-refractivity contribution in [2.24, 2.45) is 0 Å². The van der Waals surface area contributed by atoms with Crippen LogP contribution in [0.15, 0.2) is 46.6 Å². The van der Waals surface area contributed by atoms with E-state index in [1.54, 1.807) is 0 Å². The van der Waals surface area contributed by atoms with Crippen LogP contribution in [0, 0.1) is 0 Å². The lowest BCUT2D eigenvalue weighted by Crippen LogP contribution is -1.92. The van der Waals surface area contributed by atoms with Gasteiger partial charge in [0.2, 0.25) is 0 Å². The molecule has 0 N–H and O–H groups in total. The molecule has 0 saturated heterocycles. The van der Waals surface area contributed by atoms with Gasteiger partial charge in [-0.2, -0.15) is 0 Å². The number of benzene rings is 1. The van der Waals surface area contributed by atoms with Gasteiger partial charge in [-0.25, -0.2) is 0 Å². The molecule has 17 heavy (non-hydrogen) atoms. The van der Waals surface area contributed by atoms with E-state index in [-0.39, 0.29) is 0 Å². The monoisotopic (exact) mass is 293 g/mol. The third-order valence-electron chi connectivity index (χ3n) is 2.43. The normalized spacial score (nSPS) is 9.71. The summed E-state index contributed by atoms with van der Waals surface area (Å²) in [6, 6.07) is 8.53. The van der Waals surface area contributed by atoms with Crippen molar-refractivity contribution in [3.8, 4) is 0 Å². The second kappa shape index (κ2) is 6.65. The number of hydrogen-bond donors (Lipinski definition) is 0. The Labute approximate surface area is 112 Å². The summed E-state index contributed by atoms with van der Waals surface area (Å²) in [5, 5.41) is 1.28. The number of allylic oxidation sites excluding steroid dienone is 2.